The second-order valence-electron chi connectivity index (χ2n) is 8.07. The van der Waals surface area contributed by atoms with E-state index >= 15 is 0 Å². The third kappa shape index (κ3) is 6.96. The first-order valence-corrected chi connectivity index (χ1v) is 11.6. The zero-order chi connectivity index (χ0) is 20.0. The average Bonchev–Trinajstić information content (AvgIpc) is 2.59. The first kappa shape index (κ1) is 23.1. The van der Waals surface area contributed by atoms with Gasteiger partial charge >= 0.3 is 0 Å². The van der Waals surface area contributed by atoms with Gasteiger partial charge in [0.1, 0.15) is 14.2 Å². The molecule has 2 saturated heterocycles. The monoisotopic (exact) mass is 398 g/mol. The number of allylic oxidation sites excluding steroid dienone is 1. The third-order valence-electron chi connectivity index (χ3n) is 5.11. The van der Waals surface area contributed by atoms with E-state index in [4.69, 9.17) is 17.3 Å². The van der Waals surface area contributed by atoms with Gasteiger partial charge in [-0.25, -0.2) is 9.34 Å². The van der Waals surface area contributed by atoms with Crippen LogP contribution in [-0.4, -0.2) is 119 Å². The van der Waals surface area contributed by atoms with Gasteiger partial charge in [0, 0.05) is 51.8 Å². The molecule has 3 unspecified atom stereocenters. The molecule has 27 heavy (non-hydrogen) atoms. The number of hydrogen-bond acceptors (Lipinski definition) is 5. The van der Waals surface area contributed by atoms with Gasteiger partial charge in [-0.15, -0.1) is 0 Å². The van der Waals surface area contributed by atoms with Gasteiger partial charge < -0.3 is 14.4 Å². The van der Waals surface area contributed by atoms with E-state index in [0.717, 1.165) is 45.8 Å². The second kappa shape index (κ2) is 10.5. The van der Waals surface area contributed by atoms with Crippen molar-refractivity contribution in [1.29, 1.82) is 0 Å². The van der Waals surface area contributed by atoms with Gasteiger partial charge in [0.05, 0.1) is 12.7 Å². The predicted octanol–water partition coefficient (Wildman–Crippen LogP) is 1.12. The number of hydrogen-bond donors (Lipinski definition) is 0. The average molecular weight is 398 g/mol. The van der Waals surface area contributed by atoms with Crippen LogP contribution < -0.4 is 0 Å². The van der Waals surface area contributed by atoms with Crippen molar-refractivity contribution < 1.29 is 14.0 Å². The van der Waals surface area contributed by atoms with E-state index in [1.807, 2.05) is 25.8 Å². The van der Waals surface area contributed by atoms with Gasteiger partial charge in [0.15, 0.2) is 0 Å². The summed E-state index contributed by atoms with van der Waals surface area (Å²) in [4.78, 5) is 4.54. The number of morpholine rings is 1. The summed E-state index contributed by atoms with van der Waals surface area (Å²) in [5, 5.41) is 0. The Morgan fingerprint density at radius 3 is 2.48 bits per heavy atom. The fourth-order valence-electron chi connectivity index (χ4n) is 3.45. The molecule has 0 amide bonds. The smallest absolute Gasteiger partial charge is 0.241 e. The normalized spacial score (nSPS) is 28.2. The van der Waals surface area contributed by atoms with Crippen LogP contribution in [0.25, 0.3) is 0 Å². The first-order valence-electron chi connectivity index (χ1n) is 9.76. The molecule has 0 aromatic rings. The van der Waals surface area contributed by atoms with E-state index in [0.29, 0.717) is 6.61 Å². The minimum absolute atomic E-state index is 0.0738. The highest BCUT2D eigenvalue weighted by molar-refractivity contribution is 7.58. The van der Waals surface area contributed by atoms with E-state index in [2.05, 4.69) is 34.4 Å². The molecule has 154 valence electrons. The topological polar surface area (TPSA) is 48.5 Å². The quantitative estimate of drug-likeness (QED) is 0.345. The summed E-state index contributed by atoms with van der Waals surface area (Å²) < 4.78 is 29.2. The Morgan fingerprint density at radius 1 is 1.26 bits per heavy atom. The van der Waals surface area contributed by atoms with Crippen molar-refractivity contribution in [3.05, 3.63) is 11.6 Å². The maximum atomic E-state index is 13.6. The molecule has 2 fully saturated rings. The van der Waals surface area contributed by atoms with Crippen LogP contribution >= 0.6 is 7.44 Å². The lowest BCUT2D eigenvalue weighted by atomic mass is 9.98. The Bertz CT molecular complexity index is 527. The summed E-state index contributed by atoms with van der Waals surface area (Å²) in [6.45, 7) is 10.6. The lowest BCUT2D eigenvalue weighted by Crippen LogP contribution is -2.48. The van der Waals surface area contributed by atoms with Crippen molar-refractivity contribution in [1.82, 2.24) is 19.1 Å². The number of piperazine rings is 1. The van der Waals surface area contributed by atoms with Crippen LogP contribution in [0.1, 0.15) is 13.8 Å². The van der Waals surface area contributed by atoms with Crippen LogP contribution in [0.15, 0.2) is 11.6 Å². The largest absolute Gasteiger partial charge is 0.380 e. The summed E-state index contributed by atoms with van der Waals surface area (Å²) in [5.41, 5.74) is 1.33. The maximum absolute atomic E-state index is 13.6. The molecular weight excluding hydrogens is 362 g/mol. The van der Waals surface area contributed by atoms with Gasteiger partial charge in [0.25, 0.3) is 0 Å². The van der Waals surface area contributed by atoms with Crippen molar-refractivity contribution in [3.63, 3.8) is 0 Å². The fraction of sp³-hybridized carbons (Fsp3) is 0.889. The zero-order valence-electron chi connectivity index (χ0n) is 17.6. The second-order valence-corrected chi connectivity index (χ2v) is 11.0. The molecule has 2 rings (SSSR count). The lowest BCUT2D eigenvalue weighted by Gasteiger charge is -2.41. The number of rotatable bonds is 8. The Balaban J connectivity index is 1.84. The standard InChI is InChI=1S/C18H36BN4O3P/c1-16(2)6-7-22-8-10-23(11-9-22)27(24,20(3)4)15-25-14-17-12-21(5)13-18(19)26-17/h6,17-18H,7-15H2,1-5H3. The van der Waals surface area contributed by atoms with Crippen molar-refractivity contribution in [2.75, 3.05) is 79.9 Å². The highest BCUT2D eigenvalue weighted by Gasteiger charge is 2.36. The SMILES string of the molecule is [B]C1CN(C)CC(COCP(=O)(N(C)C)N2CCN(CC=C(C)C)CC2)O1. The molecule has 7 nitrogen and oxygen atoms in total. The van der Waals surface area contributed by atoms with Gasteiger partial charge in [-0.1, -0.05) is 11.6 Å². The summed E-state index contributed by atoms with van der Waals surface area (Å²) >= 11 is 0. The molecule has 9 heteroatoms. The Labute approximate surface area is 166 Å². The number of ether oxygens (including phenoxy) is 2. The van der Waals surface area contributed by atoms with E-state index < -0.39 is 7.44 Å². The number of likely N-dealkylation sites (N-methyl/N-ethyl adjacent to an activating group) is 1. The Morgan fingerprint density at radius 2 is 1.93 bits per heavy atom. The molecule has 2 aliphatic heterocycles. The van der Waals surface area contributed by atoms with E-state index in [9.17, 15) is 4.57 Å². The van der Waals surface area contributed by atoms with Crippen LogP contribution in [0.5, 0.6) is 0 Å². The third-order valence-corrected chi connectivity index (χ3v) is 8.16. The highest BCUT2D eigenvalue weighted by atomic mass is 31.2. The van der Waals surface area contributed by atoms with Crippen LogP contribution in [0.2, 0.25) is 0 Å². The molecule has 0 aromatic heterocycles. The Kier molecular flexibility index (Phi) is 9.01. The van der Waals surface area contributed by atoms with Crippen LogP contribution in [0.4, 0.5) is 0 Å². The van der Waals surface area contributed by atoms with Crippen molar-refractivity contribution in [2.45, 2.75) is 26.0 Å². The van der Waals surface area contributed by atoms with Crippen LogP contribution in [0.3, 0.4) is 0 Å². The highest BCUT2D eigenvalue weighted by Crippen LogP contribution is 2.51. The van der Waals surface area contributed by atoms with Crippen LogP contribution in [-0.2, 0) is 14.0 Å². The molecular formula is C18H36BN4O3P. The van der Waals surface area contributed by atoms with Gasteiger partial charge in [0.2, 0.25) is 7.44 Å². The lowest BCUT2D eigenvalue weighted by molar-refractivity contribution is -0.0748. The molecule has 0 spiro atoms. The maximum Gasteiger partial charge on any atom is 0.241 e. The van der Waals surface area contributed by atoms with Gasteiger partial charge in [-0.05, 0) is 35.0 Å². The summed E-state index contributed by atoms with van der Waals surface area (Å²) in [6, 6.07) is -0.285. The molecule has 2 radical (unpaired) electrons. The van der Waals surface area contributed by atoms with Crippen LogP contribution in [0, 0.1) is 0 Å². The molecule has 0 bridgehead atoms. The van der Waals surface area contributed by atoms with Gasteiger partial charge in [-0.2, -0.15) is 0 Å². The van der Waals surface area contributed by atoms with E-state index in [-0.39, 0.29) is 18.5 Å². The summed E-state index contributed by atoms with van der Waals surface area (Å²) in [7, 11) is 8.94. The zero-order valence-corrected chi connectivity index (χ0v) is 18.5. The fourth-order valence-corrected chi connectivity index (χ4v) is 5.50. The van der Waals surface area contributed by atoms with E-state index in [1.54, 1.807) is 0 Å². The van der Waals surface area contributed by atoms with Crippen molar-refractivity contribution >= 4 is 15.3 Å². The molecule has 2 aliphatic rings. The summed E-state index contributed by atoms with van der Waals surface area (Å²) in [5.74, 6) is 0. The Hall–Kier alpha value is -0.205. The van der Waals surface area contributed by atoms with E-state index in [1.165, 1.54) is 5.57 Å². The first-order chi connectivity index (χ1) is 12.7. The molecule has 3 atom stereocenters. The minimum atomic E-state index is -2.73. The molecule has 0 N–H and O–H groups in total. The molecule has 0 aromatic carbocycles. The molecule has 2 heterocycles. The molecule has 0 aliphatic carbocycles. The number of nitrogens with zero attached hydrogens (tertiary/aromatic N) is 4. The minimum Gasteiger partial charge on any atom is -0.380 e. The van der Waals surface area contributed by atoms with Crippen molar-refractivity contribution in [3.8, 4) is 0 Å². The molecule has 0 saturated carbocycles. The summed E-state index contributed by atoms with van der Waals surface area (Å²) in [6.07, 6.45) is 2.39. The van der Waals surface area contributed by atoms with Gasteiger partial charge in [-0.3, -0.25) is 9.46 Å². The van der Waals surface area contributed by atoms with Crippen molar-refractivity contribution in [2.24, 2.45) is 0 Å². The predicted molar refractivity (Wildman–Crippen MR) is 111 cm³/mol.